The van der Waals surface area contributed by atoms with Crippen LogP contribution in [0.2, 0.25) is 0 Å². The van der Waals surface area contributed by atoms with Gasteiger partial charge in [0.1, 0.15) is 0 Å². The maximum absolute atomic E-state index is 13.5. The topological polar surface area (TPSA) is 66.0 Å². The van der Waals surface area contributed by atoms with Gasteiger partial charge in [0.2, 0.25) is 0 Å². The second-order valence-electron chi connectivity index (χ2n) is 4.54. The van der Waals surface area contributed by atoms with E-state index in [1.165, 1.54) is 25.7 Å². The number of carbonyl (C=O) groups is 1. The van der Waals surface area contributed by atoms with Crippen molar-refractivity contribution in [1.82, 2.24) is 10.2 Å². The maximum atomic E-state index is 13.5. The molecular weight excluding hydrogens is 235 g/mol. The van der Waals surface area contributed by atoms with Crippen molar-refractivity contribution in [3.05, 3.63) is 17.2 Å². The maximum Gasteiger partial charge on any atom is 0.357 e. The number of unbranched alkanes of at least 4 members (excludes halogenated alkanes) is 6. The third-order valence-electron chi connectivity index (χ3n) is 3.01. The Morgan fingerprint density at radius 1 is 1.22 bits per heavy atom. The average molecular weight is 256 g/mol. The minimum atomic E-state index is -1.30. The van der Waals surface area contributed by atoms with Gasteiger partial charge >= 0.3 is 5.97 Å². The lowest BCUT2D eigenvalue weighted by molar-refractivity contribution is 0.0685. The van der Waals surface area contributed by atoms with Crippen LogP contribution in [-0.4, -0.2) is 21.3 Å². The molecule has 5 heteroatoms. The van der Waals surface area contributed by atoms with Crippen LogP contribution in [0.4, 0.5) is 4.39 Å². The molecule has 1 rings (SSSR count). The van der Waals surface area contributed by atoms with Gasteiger partial charge in [-0.1, -0.05) is 45.4 Å². The first-order valence-electron chi connectivity index (χ1n) is 6.62. The van der Waals surface area contributed by atoms with Crippen LogP contribution in [-0.2, 0) is 6.42 Å². The number of hydrogen-bond donors (Lipinski definition) is 2. The lowest BCUT2D eigenvalue weighted by Gasteiger charge is -2.00. The highest BCUT2D eigenvalue weighted by atomic mass is 19.1. The van der Waals surface area contributed by atoms with Crippen LogP contribution in [0.15, 0.2) is 0 Å². The monoisotopic (exact) mass is 256 g/mol. The number of aryl methyl sites for hydroxylation is 1. The SMILES string of the molecule is CCCCCCCCCc1n[nH]c(C(=O)O)c1F. The Morgan fingerprint density at radius 2 is 1.83 bits per heavy atom. The van der Waals surface area contributed by atoms with Gasteiger partial charge in [0, 0.05) is 0 Å². The number of aromatic amines is 1. The highest BCUT2D eigenvalue weighted by Gasteiger charge is 2.17. The van der Waals surface area contributed by atoms with Crippen LogP contribution in [0, 0.1) is 5.82 Å². The normalized spacial score (nSPS) is 10.8. The number of carboxylic acids is 1. The summed E-state index contributed by atoms with van der Waals surface area (Å²) in [5, 5.41) is 14.6. The summed E-state index contributed by atoms with van der Waals surface area (Å²) in [4.78, 5) is 10.6. The number of nitrogens with one attached hydrogen (secondary N) is 1. The molecule has 0 amide bonds. The standard InChI is InChI=1S/C13H21FN2O2/c1-2-3-4-5-6-7-8-9-10-11(14)12(13(17)18)16-15-10/h2-9H2,1H3,(H,15,16)(H,17,18). The van der Waals surface area contributed by atoms with Crippen LogP contribution in [0.3, 0.4) is 0 Å². The summed E-state index contributed by atoms with van der Waals surface area (Å²) in [5.74, 6) is -2.01. The number of aromatic carboxylic acids is 1. The molecule has 2 N–H and O–H groups in total. The molecule has 0 aliphatic rings. The molecule has 0 radical (unpaired) electrons. The van der Waals surface area contributed by atoms with E-state index in [-0.39, 0.29) is 5.69 Å². The molecule has 18 heavy (non-hydrogen) atoms. The van der Waals surface area contributed by atoms with Crippen LogP contribution < -0.4 is 0 Å². The van der Waals surface area contributed by atoms with Crippen LogP contribution in [0.1, 0.15) is 68.1 Å². The van der Waals surface area contributed by atoms with Crippen molar-refractivity contribution in [3.63, 3.8) is 0 Å². The van der Waals surface area contributed by atoms with Crippen molar-refractivity contribution < 1.29 is 14.3 Å². The molecule has 0 bridgehead atoms. The van der Waals surface area contributed by atoms with Gasteiger partial charge in [0.25, 0.3) is 0 Å². The Hall–Kier alpha value is -1.39. The van der Waals surface area contributed by atoms with E-state index in [9.17, 15) is 9.18 Å². The lowest BCUT2D eigenvalue weighted by Crippen LogP contribution is -2.00. The highest BCUT2D eigenvalue weighted by molar-refractivity contribution is 5.85. The van der Waals surface area contributed by atoms with E-state index in [2.05, 4.69) is 17.1 Å². The lowest BCUT2D eigenvalue weighted by atomic mass is 10.1. The predicted octanol–water partition coefficient (Wildman–Crippen LogP) is 3.54. The van der Waals surface area contributed by atoms with E-state index in [1.54, 1.807) is 0 Å². The largest absolute Gasteiger partial charge is 0.476 e. The highest BCUT2D eigenvalue weighted by Crippen LogP contribution is 2.13. The van der Waals surface area contributed by atoms with Crippen LogP contribution in [0.5, 0.6) is 0 Å². The third-order valence-corrected chi connectivity index (χ3v) is 3.01. The Bertz CT molecular complexity index is 377. The quantitative estimate of drug-likeness (QED) is 0.664. The molecule has 0 fully saturated rings. The third kappa shape index (κ3) is 4.47. The number of carboxylic acid groups (broad SMARTS) is 1. The zero-order chi connectivity index (χ0) is 13.4. The van der Waals surface area contributed by atoms with Crippen molar-refractivity contribution in [2.75, 3.05) is 0 Å². The van der Waals surface area contributed by atoms with Crippen LogP contribution in [0.25, 0.3) is 0 Å². The molecule has 102 valence electrons. The smallest absolute Gasteiger partial charge is 0.357 e. The summed E-state index contributed by atoms with van der Waals surface area (Å²) in [6.07, 6.45) is 8.53. The molecule has 0 spiro atoms. The van der Waals surface area contributed by atoms with E-state index < -0.39 is 17.5 Å². The number of rotatable bonds is 9. The van der Waals surface area contributed by atoms with E-state index in [4.69, 9.17) is 5.11 Å². The summed E-state index contributed by atoms with van der Waals surface area (Å²) < 4.78 is 13.5. The van der Waals surface area contributed by atoms with Crippen molar-refractivity contribution in [3.8, 4) is 0 Å². The molecule has 0 aliphatic heterocycles. The van der Waals surface area contributed by atoms with Gasteiger partial charge in [-0.05, 0) is 12.8 Å². The van der Waals surface area contributed by atoms with E-state index in [0.717, 1.165) is 19.3 Å². The molecular formula is C13H21FN2O2. The molecule has 0 aromatic carbocycles. The summed E-state index contributed by atoms with van der Waals surface area (Å²) in [6.45, 7) is 2.18. The second-order valence-corrected chi connectivity index (χ2v) is 4.54. The summed E-state index contributed by atoms with van der Waals surface area (Å²) in [6, 6.07) is 0. The predicted molar refractivity (Wildman–Crippen MR) is 67.2 cm³/mol. The van der Waals surface area contributed by atoms with Crippen molar-refractivity contribution in [2.45, 2.75) is 58.3 Å². The van der Waals surface area contributed by atoms with Gasteiger partial charge in [-0.15, -0.1) is 0 Å². The minimum Gasteiger partial charge on any atom is -0.476 e. The summed E-state index contributed by atoms with van der Waals surface area (Å²) >= 11 is 0. The second kappa shape index (κ2) is 7.84. The number of nitrogens with zero attached hydrogens (tertiary/aromatic N) is 1. The zero-order valence-corrected chi connectivity index (χ0v) is 10.8. The number of hydrogen-bond acceptors (Lipinski definition) is 2. The Labute approximate surface area is 107 Å². The minimum absolute atomic E-state index is 0.237. The number of H-pyrrole nitrogens is 1. The van der Waals surface area contributed by atoms with E-state index in [0.29, 0.717) is 6.42 Å². The van der Waals surface area contributed by atoms with Gasteiger partial charge in [-0.25, -0.2) is 9.18 Å². The Morgan fingerprint density at radius 3 is 2.39 bits per heavy atom. The van der Waals surface area contributed by atoms with Crippen molar-refractivity contribution >= 4 is 5.97 Å². The van der Waals surface area contributed by atoms with Crippen molar-refractivity contribution in [1.29, 1.82) is 0 Å². The number of halogens is 1. The fourth-order valence-corrected chi connectivity index (χ4v) is 1.92. The first kappa shape index (κ1) is 14.7. The van der Waals surface area contributed by atoms with E-state index in [1.807, 2.05) is 0 Å². The number of aromatic nitrogens is 2. The molecule has 0 unspecified atom stereocenters. The first-order valence-corrected chi connectivity index (χ1v) is 6.62. The fraction of sp³-hybridized carbons (Fsp3) is 0.692. The summed E-state index contributed by atoms with van der Waals surface area (Å²) in [7, 11) is 0. The molecule has 0 atom stereocenters. The van der Waals surface area contributed by atoms with Gasteiger partial charge in [-0.3, -0.25) is 5.10 Å². The average Bonchev–Trinajstić information content (AvgIpc) is 2.70. The molecule has 1 aromatic heterocycles. The van der Waals surface area contributed by atoms with E-state index >= 15 is 0 Å². The Balaban J connectivity index is 2.21. The molecule has 4 nitrogen and oxygen atoms in total. The first-order chi connectivity index (χ1) is 8.66. The zero-order valence-electron chi connectivity index (χ0n) is 10.8. The molecule has 0 aliphatic carbocycles. The van der Waals surface area contributed by atoms with Crippen molar-refractivity contribution in [2.24, 2.45) is 0 Å². The van der Waals surface area contributed by atoms with Gasteiger partial charge < -0.3 is 5.11 Å². The molecule has 0 saturated heterocycles. The molecule has 1 aromatic rings. The Kier molecular flexibility index (Phi) is 6.39. The van der Waals surface area contributed by atoms with Gasteiger partial charge in [0.15, 0.2) is 11.5 Å². The molecule has 1 heterocycles. The van der Waals surface area contributed by atoms with Gasteiger partial charge in [-0.2, -0.15) is 5.10 Å². The fourth-order valence-electron chi connectivity index (χ4n) is 1.92. The molecule has 0 saturated carbocycles. The van der Waals surface area contributed by atoms with Gasteiger partial charge in [0.05, 0.1) is 5.69 Å². The summed E-state index contributed by atoms with van der Waals surface area (Å²) in [5.41, 5.74) is -0.200. The van der Waals surface area contributed by atoms with Crippen LogP contribution >= 0.6 is 0 Å².